The van der Waals surface area contributed by atoms with E-state index in [1.165, 1.54) is 6.26 Å². The van der Waals surface area contributed by atoms with Crippen molar-refractivity contribution in [1.29, 1.82) is 5.26 Å². The number of carbonyl (C=O) groups excluding carboxylic acids is 2. The van der Waals surface area contributed by atoms with Crippen LogP contribution < -0.4 is 5.32 Å². The van der Waals surface area contributed by atoms with Crippen molar-refractivity contribution < 1.29 is 18.7 Å². The van der Waals surface area contributed by atoms with E-state index in [1.54, 1.807) is 36.4 Å². The number of rotatable bonds is 6. The van der Waals surface area contributed by atoms with Crippen LogP contribution in [0.25, 0.3) is 0 Å². The monoisotopic (exact) mass is 298 g/mol. The van der Waals surface area contributed by atoms with E-state index in [0.29, 0.717) is 16.9 Å². The molecule has 1 N–H and O–H groups in total. The average molecular weight is 298 g/mol. The predicted molar refractivity (Wildman–Crippen MR) is 76.6 cm³/mol. The first kappa shape index (κ1) is 15.3. The van der Waals surface area contributed by atoms with Gasteiger partial charge in [0, 0.05) is 0 Å². The number of furan rings is 1. The number of ether oxygens (including phenoxy) is 1. The Kier molecular flexibility index (Phi) is 5.32. The summed E-state index contributed by atoms with van der Waals surface area (Å²) in [5.74, 6) is -0.444. The van der Waals surface area contributed by atoms with Gasteiger partial charge in [-0.15, -0.1) is 0 Å². The SMILES string of the molecule is N#CCc1ccccc1C(=O)OCC(=O)NCc1ccco1. The minimum atomic E-state index is -0.626. The van der Waals surface area contributed by atoms with Crippen molar-refractivity contribution in [3.8, 4) is 6.07 Å². The quantitative estimate of drug-likeness (QED) is 0.821. The fraction of sp³-hybridized carbons (Fsp3) is 0.188. The Morgan fingerprint density at radius 2 is 2.05 bits per heavy atom. The number of benzene rings is 1. The van der Waals surface area contributed by atoms with E-state index in [1.807, 2.05) is 6.07 Å². The van der Waals surface area contributed by atoms with Crippen LogP contribution in [0.3, 0.4) is 0 Å². The number of esters is 1. The van der Waals surface area contributed by atoms with Crippen LogP contribution in [-0.2, 0) is 22.5 Å². The van der Waals surface area contributed by atoms with E-state index in [0.717, 1.165) is 0 Å². The first-order valence-electron chi connectivity index (χ1n) is 6.61. The zero-order valence-electron chi connectivity index (χ0n) is 11.7. The summed E-state index contributed by atoms with van der Waals surface area (Å²) in [5.41, 5.74) is 0.869. The van der Waals surface area contributed by atoms with Gasteiger partial charge in [-0.1, -0.05) is 18.2 Å². The van der Waals surface area contributed by atoms with Crippen LogP contribution in [0.4, 0.5) is 0 Å². The molecule has 0 atom stereocenters. The predicted octanol–water partition coefficient (Wildman–Crippen LogP) is 1.82. The molecule has 6 heteroatoms. The highest BCUT2D eigenvalue weighted by molar-refractivity contribution is 5.92. The zero-order chi connectivity index (χ0) is 15.8. The van der Waals surface area contributed by atoms with Crippen molar-refractivity contribution in [2.75, 3.05) is 6.61 Å². The van der Waals surface area contributed by atoms with Gasteiger partial charge in [-0.25, -0.2) is 4.79 Å². The number of hydrogen-bond donors (Lipinski definition) is 1. The first-order valence-corrected chi connectivity index (χ1v) is 6.61. The molecule has 1 heterocycles. The summed E-state index contributed by atoms with van der Waals surface area (Å²) >= 11 is 0. The maximum atomic E-state index is 11.9. The number of hydrogen-bond acceptors (Lipinski definition) is 5. The van der Waals surface area contributed by atoms with E-state index >= 15 is 0 Å². The molecule has 6 nitrogen and oxygen atoms in total. The molecule has 0 aliphatic carbocycles. The fourth-order valence-electron chi connectivity index (χ4n) is 1.82. The molecule has 1 aromatic carbocycles. The second-order valence-corrected chi connectivity index (χ2v) is 4.42. The second kappa shape index (κ2) is 7.64. The molecule has 22 heavy (non-hydrogen) atoms. The van der Waals surface area contributed by atoms with Crippen LogP contribution in [0.2, 0.25) is 0 Å². The number of nitrogens with one attached hydrogen (secondary N) is 1. The normalized spacial score (nSPS) is 9.77. The van der Waals surface area contributed by atoms with Gasteiger partial charge in [0.2, 0.25) is 0 Å². The van der Waals surface area contributed by atoms with Gasteiger partial charge in [0.25, 0.3) is 5.91 Å². The van der Waals surface area contributed by atoms with Gasteiger partial charge in [0.15, 0.2) is 6.61 Å². The molecule has 1 amide bonds. The number of nitrogens with zero attached hydrogens (tertiary/aromatic N) is 1. The van der Waals surface area contributed by atoms with Gasteiger partial charge in [-0.05, 0) is 23.8 Å². The maximum Gasteiger partial charge on any atom is 0.338 e. The van der Waals surface area contributed by atoms with Gasteiger partial charge in [-0.2, -0.15) is 5.26 Å². The Hall–Kier alpha value is -3.07. The molecule has 0 radical (unpaired) electrons. The molecule has 2 aromatic rings. The third kappa shape index (κ3) is 4.21. The molecule has 2 rings (SSSR count). The summed E-state index contributed by atoms with van der Waals surface area (Å²) < 4.78 is 10.0. The summed E-state index contributed by atoms with van der Waals surface area (Å²) in [7, 11) is 0. The lowest BCUT2D eigenvalue weighted by Crippen LogP contribution is -2.28. The molecule has 112 valence electrons. The molecule has 0 fully saturated rings. The van der Waals surface area contributed by atoms with Gasteiger partial charge in [-0.3, -0.25) is 4.79 Å². The van der Waals surface area contributed by atoms with Crippen molar-refractivity contribution in [1.82, 2.24) is 5.32 Å². The smallest absolute Gasteiger partial charge is 0.338 e. The number of carbonyl (C=O) groups is 2. The topological polar surface area (TPSA) is 92.3 Å². The Labute approximate surface area is 127 Å². The third-order valence-electron chi connectivity index (χ3n) is 2.88. The largest absolute Gasteiger partial charge is 0.467 e. The van der Waals surface area contributed by atoms with E-state index in [-0.39, 0.29) is 19.6 Å². The summed E-state index contributed by atoms with van der Waals surface area (Å²) in [4.78, 5) is 23.5. The number of nitriles is 1. The number of amides is 1. The fourth-order valence-corrected chi connectivity index (χ4v) is 1.82. The lowest BCUT2D eigenvalue weighted by Gasteiger charge is -2.08. The Morgan fingerprint density at radius 3 is 2.77 bits per heavy atom. The van der Waals surface area contributed by atoms with Gasteiger partial charge in [0.1, 0.15) is 5.76 Å². The first-order chi connectivity index (χ1) is 10.7. The highest BCUT2D eigenvalue weighted by atomic mass is 16.5. The van der Waals surface area contributed by atoms with Crippen LogP contribution in [-0.4, -0.2) is 18.5 Å². The van der Waals surface area contributed by atoms with Crippen molar-refractivity contribution in [3.05, 3.63) is 59.5 Å². The maximum absolute atomic E-state index is 11.9. The molecule has 0 saturated carbocycles. The molecule has 0 saturated heterocycles. The highest BCUT2D eigenvalue weighted by Gasteiger charge is 2.14. The van der Waals surface area contributed by atoms with Crippen molar-refractivity contribution in [3.63, 3.8) is 0 Å². The van der Waals surface area contributed by atoms with Gasteiger partial charge in [0.05, 0.1) is 30.9 Å². The highest BCUT2D eigenvalue weighted by Crippen LogP contribution is 2.10. The molecular weight excluding hydrogens is 284 g/mol. The molecule has 0 bridgehead atoms. The Bertz CT molecular complexity index is 686. The second-order valence-electron chi connectivity index (χ2n) is 4.42. The minimum absolute atomic E-state index is 0.107. The van der Waals surface area contributed by atoms with E-state index < -0.39 is 11.9 Å². The Balaban J connectivity index is 1.85. The lowest BCUT2D eigenvalue weighted by atomic mass is 10.1. The molecule has 0 aliphatic rings. The lowest BCUT2D eigenvalue weighted by molar-refractivity contribution is -0.124. The van der Waals surface area contributed by atoms with Gasteiger partial charge < -0.3 is 14.5 Å². The molecule has 1 aromatic heterocycles. The van der Waals surface area contributed by atoms with Crippen molar-refractivity contribution >= 4 is 11.9 Å². The third-order valence-corrected chi connectivity index (χ3v) is 2.88. The summed E-state index contributed by atoms with van der Waals surface area (Å²) in [5, 5.41) is 11.3. The van der Waals surface area contributed by atoms with Crippen LogP contribution in [0.15, 0.2) is 47.1 Å². The van der Waals surface area contributed by atoms with Gasteiger partial charge >= 0.3 is 5.97 Å². The molecule has 0 aliphatic heterocycles. The molecule has 0 spiro atoms. The van der Waals surface area contributed by atoms with Crippen LogP contribution in [0, 0.1) is 11.3 Å². The van der Waals surface area contributed by atoms with E-state index in [4.69, 9.17) is 14.4 Å². The standard InChI is InChI=1S/C16H14N2O4/c17-8-7-12-4-1-2-6-14(12)16(20)22-11-15(19)18-10-13-5-3-9-21-13/h1-6,9H,7,10-11H2,(H,18,19). The van der Waals surface area contributed by atoms with Crippen molar-refractivity contribution in [2.24, 2.45) is 0 Å². The van der Waals surface area contributed by atoms with Crippen LogP contribution in [0.1, 0.15) is 21.7 Å². The van der Waals surface area contributed by atoms with E-state index in [9.17, 15) is 9.59 Å². The van der Waals surface area contributed by atoms with E-state index in [2.05, 4.69) is 5.32 Å². The summed E-state index contributed by atoms with van der Waals surface area (Å²) in [6, 6.07) is 12.1. The zero-order valence-corrected chi connectivity index (χ0v) is 11.7. The summed E-state index contributed by atoms with van der Waals surface area (Å²) in [6.45, 7) is -0.158. The summed E-state index contributed by atoms with van der Waals surface area (Å²) in [6.07, 6.45) is 1.61. The Morgan fingerprint density at radius 1 is 1.23 bits per heavy atom. The minimum Gasteiger partial charge on any atom is -0.467 e. The van der Waals surface area contributed by atoms with Crippen LogP contribution in [0.5, 0.6) is 0 Å². The van der Waals surface area contributed by atoms with Crippen molar-refractivity contribution in [2.45, 2.75) is 13.0 Å². The van der Waals surface area contributed by atoms with Crippen LogP contribution >= 0.6 is 0 Å². The molecular formula is C16H14N2O4. The average Bonchev–Trinajstić information content (AvgIpc) is 3.05. The molecule has 0 unspecified atom stereocenters.